The molecule has 0 spiro atoms. The van der Waals surface area contributed by atoms with Crippen LogP contribution in [0.15, 0.2) is 29.4 Å². The van der Waals surface area contributed by atoms with Crippen LogP contribution in [0, 0.1) is 0 Å². The molecule has 0 radical (unpaired) electrons. The number of likely N-dealkylation sites (tertiary alicyclic amines) is 1. The Kier molecular flexibility index (Phi) is 3.02. The van der Waals surface area contributed by atoms with Crippen molar-refractivity contribution in [2.75, 3.05) is 13.7 Å². The predicted octanol–water partition coefficient (Wildman–Crippen LogP) is 1.99. The first-order chi connectivity index (χ1) is 9.69. The number of hydrogen-bond donors (Lipinski definition) is 2. The van der Waals surface area contributed by atoms with E-state index >= 15 is 0 Å². The summed E-state index contributed by atoms with van der Waals surface area (Å²) in [5.74, 6) is 0.634. The van der Waals surface area contributed by atoms with E-state index in [1.165, 1.54) is 12.0 Å². The molecule has 1 aliphatic heterocycles. The van der Waals surface area contributed by atoms with Crippen LogP contribution >= 0.6 is 0 Å². The Balaban J connectivity index is 1.98. The molecule has 1 unspecified atom stereocenters. The number of H-pyrrole nitrogens is 1. The molecule has 1 aliphatic rings. The minimum absolute atomic E-state index is 0.241. The van der Waals surface area contributed by atoms with Crippen LogP contribution in [0.25, 0.3) is 11.0 Å². The van der Waals surface area contributed by atoms with E-state index in [2.05, 4.69) is 15.1 Å². The maximum Gasteiger partial charge on any atom is 0.408 e. The summed E-state index contributed by atoms with van der Waals surface area (Å²) in [5.41, 5.74) is 2.41. The zero-order valence-electron chi connectivity index (χ0n) is 10.9. The highest BCUT2D eigenvalue weighted by Crippen LogP contribution is 2.30. The fourth-order valence-electron chi connectivity index (χ4n) is 2.48. The standard InChI is InChI=1S/C13H14N4O3/c1-20-16-8-6-11(17(7-8)13(18)19)12-14-9-4-2-3-5-10(9)15-12/h2-5,11H,6-7H2,1H3,(H,14,15)(H,18,19). The van der Waals surface area contributed by atoms with Gasteiger partial charge in [0.15, 0.2) is 0 Å². The monoisotopic (exact) mass is 274 g/mol. The van der Waals surface area contributed by atoms with Gasteiger partial charge in [0, 0.05) is 6.42 Å². The van der Waals surface area contributed by atoms with E-state index in [9.17, 15) is 9.90 Å². The van der Waals surface area contributed by atoms with Gasteiger partial charge in [-0.05, 0) is 12.1 Å². The number of nitrogens with one attached hydrogen (secondary N) is 1. The van der Waals surface area contributed by atoms with Gasteiger partial charge < -0.3 is 14.9 Å². The lowest BCUT2D eigenvalue weighted by Gasteiger charge is -2.18. The quantitative estimate of drug-likeness (QED) is 0.819. The molecule has 2 aromatic rings. The Bertz CT molecular complexity index is 646. The lowest BCUT2D eigenvalue weighted by atomic mass is 10.2. The van der Waals surface area contributed by atoms with Crippen molar-refractivity contribution in [3.8, 4) is 0 Å². The van der Waals surface area contributed by atoms with Gasteiger partial charge in [0.05, 0.1) is 29.3 Å². The van der Waals surface area contributed by atoms with Gasteiger partial charge in [0.25, 0.3) is 0 Å². The molecule has 7 nitrogen and oxygen atoms in total. The molecule has 2 N–H and O–H groups in total. The molecule has 1 aromatic carbocycles. The molecule has 3 rings (SSSR count). The number of rotatable bonds is 2. The topological polar surface area (TPSA) is 90.8 Å². The summed E-state index contributed by atoms with van der Waals surface area (Å²) in [5, 5.41) is 13.2. The molecule has 1 saturated heterocycles. The van der Waals surface area contributed by atoms with Gasteiger partial charge in [-0.2, -0.15) is 0 Å². The molecular formula is C13H14N4O3. The molecule has 20 heavy (non-hydrogen) atoms. The zero-order chi connectivity index (χ0) is 14.1. The maximum absolute atomic E-state index is 11.3. The van der Waals surface area contributed by atoms with Crippen LogP contribution in [0.3, 0.4) is 0 Å². The van der Waals surface area contributed by atoms with Crippen LogP contribution < -0.4 is 0 Å². The van der Waals surface area contributed by atoms with Crippen molar-refractivity contribution in [2.24, 2.45) is 5.16 Å². The van der Waals surface area contributed by atoms with Gasteiger partial charge in [0.2, 0.25) is 0 Å². The SMILES string of the molecule is CON=C1CC(c2nc3ccccc3[nH]2)N(C(=O)O)C1. The predicted molar refractivity (Wildman–Crippen MR) is 72.6 cm³/mol. The Morgan fingerprint density at radius 1 is 1.55 bits per heavy atom. The van der Waals surface area contributed by atoms with E-state index in [1.807, 2.05) is 24.3 Å². The van der Waals surface area contributed by atoms with Crippen LogP contribution in [0.5, 0.6) is 0 Å². The third-order valence-electron chi connectivity index (χ3n) is 3.35. The largest absolute Gasteiger partial charge is 0.465 e. The molecule has 7 heteroatoms. The molecular weight excluding hydrogens is 260 g/mol. The van der Waals surface area contributed by atoms with E-state index < -0.39 is 6.09 Å². The molecule has 0 bridgehead atoms. The molecule has 1 amide bonds. The van der Waals surface area contributed by atoms with Crippen molar-refractivity contribution in [1.82, 2.24) is 14.9 Å². The number of carboxylic acid groups (broad SMARTS) is 1. The number of aromatic amines is 1. The summed E-state index contributed by atoms with van der Waals surface area (Å²) in [7, 11) is 1.45. The fourth-order valence-corrected chi connectivity index (χ4v) is 2.48. The minimum atomic E-state index is -0.989. The van der Waals surface area contributed by atoms with Gasteiger partial charge in [-0.3, -0.25) is 4.90 Å². The first kappa shape index (κ1) is 12.5. The first-order valence-electron chi connectivity index (χ1n) is 6.22. The summed E-state index contributed by atoms with van der Waals surface area (Å²) in [4.78, 5) is 25.0. The second kappa shape index (κ2) is 4.84. The lowest BCUT2D eigenvalue weighted by molar-refractivity contribution is 0.139. The lowest BCUT2D eigenvalue weighted by Crippen LogP contribution is -2.30. The summed E-state index contributed by atoms with van der Waals surface area (Å²) >= 11 is 0. The summed E-state index contributed by atoms with van der Waals surface area (Å²) in [6.07, 6.45) is -0.503. The highest BCUT2D eigenvalue weighted by Gasteiger charge is 2.36. The number of oxime groups is 1. The zero-order valence-corrected chi connectivity index (χ0v) is 10.9. The van der Waals surface area contributed by atoms with Crippen molar-refractivity contribution in [1.29, 1.82) is 0 Å². The number of benzene rings is 1. The van der Waals surface area contributed by atoms with Gasteiger partial charge in [0.1, 0.15) is 12.9 Å². The first-order valence-corrected chi connectivity index (χ1v) is 6.22. The molecule has 1 aromatic heterocycles. The number of amides is 1. The van der Waals surface area contributed by atoms with Crippen LogP contribution in [-0.2, 0) is 4.84 Å². The average Bonchev–Trinajstić information content (AvgIpc) is 3.01. The van der Waals surface area contributed by atoms with E-state index in [-0.39, 0.29) is 12.6 Å². The van der Waals surface area contributed by atoms with E-state index in [4.69, 9.17) is 4.84 Å². The number of imidazole rings is 1. The number of fused-ring (bicyclic) bond motifs is 1. The molecule has 104 valence electrons. The van der Waals surface area contributed by atoms with Crippen LogP contribution in [0.2, 0.25) is 0 Å². The van der Waals surface area contributed by atoms with E-state index in [0.717, 1.165) is 11.0 Å². The van der Waals surface area contributed by atoms with Crippen molar-refractivity contribution >= 4 is 22.8 Å². The van der Waals surface area contributed by atoms with Crippen molar-refractivity contribution in [3.63, 3.8) is 0 Å². The smallest absolute Gasteiger partial charge is 0.408 e. The minimum Gasteiger partial charge on any atom is -0.465 e. The van der Waals surface area contributed by atoms with E-state index in [1.54, 1.807) is 0 Å². The highest BCUT2D eigenvalue weighted by molar-refractivity contribution is 5.92. The van der Waals surface area contributed by atoms with Crippen LogP contribution in [0.4, 0.5) is 4.79 Å². The number of aromatic nitrogens is 2. The van der Waals surface area contributed by atoms with Crippen molar-refractivity contribution < 1.29 is 14.7 Å². The molecule has 1 atom stereocenters. The van der Waals surface area contributed by atoms with Crippen molar-refractivity contribution in [2.45, 2.75) is 12.5 Å². The number of para-hydroxylation sites is 2. The maximum atomic E-state index is 11.3. The number of nitrogens with zero attached hydrogens (tertiary/aromatic N) is 3. The second-order valence-electron chi connectivity index (χ2n) is 4.61. The normalized spacial score (nSPS) is 20.8. The fraction of sp³-hybridized carbons (Fsp3) is 0.308. The molecule has 1 fully saturated rings. The Morgan fingerprint density at radius 3 is 3.05 bits per heavy atom. The van der Waals surface area contributed by atoms with Gasteiger partial charge >= 0.3 is 6.09 Å². The molecule has 0 saturated carbocycles. The van der Waals surface area contributed by atoms with Crippen LogP contribution in [-0.4, -0.2) is 45.4 Å². The van der Waals surface area contributed by atoms with Gasteiger partial charge in [-0.25, -0.2) is 9.78 Å². The van der Waals surface area contributed by atoms with Gasteiger partial charge in [-0.15, -0.1) is 0 Å². The Labute approximate surface area is 114 Å². The number of hydrogen-bond acceptors (Lipinski definition) is 4. The van der Waals surface area contributed by atoms with E-state index in [0.29, 0.717) is 18.0 Å². The number of carbonyl (C=O) groups is 1. The average molecular weight is 274 g/mol. The summed E-state index contributed by atoms with van der Waals surface area (Å²) in [6, 6.07) is 7.25. The Hall–Kier alpha value is -2.57. The van der Waals surface area contributed by atoms with Gasteiger partial charge in [-0.1, -0.05) is 17.3 Å². The summed E-state index contributed by atoms with van der Waals surface area (Å²) < 4.78 is 0. The Morgan fingerprint density at radius 2 is 2.35 bits per heavy atom. The third kappa shape index (κ3) is 2.07. The molecule has 2 heterocycles. The second-order valence-corrected chi connectivity index (χ2v) is 4.61. The van der Waals surface area contributed by atoms with Crippen LogP contribution in [0.1, 0.15) is 18.3 Å². The van der Waals surface area contributed by atoms with Crippen molar-refractivity contribution in [3.05, 3.63) is 30.1 Å². The highest BCUT2D eigenvalue weighted by atomic mass is 16.6. The summed E-state index contributed by atoms with van der Waals surface area (Å²) in [6.45, 7) is 0.241. The molecule has 0 aliphatic carbocycles. The third-order valence-corrected chi connectivity index (χ3v) is 3.35.